The number of aromatic nitrogens is 1. The van der Waals surface area contributed by atoms with E-state index in [9.17, 15) is 8.78 Å². The first-order valence-electron chi connectivity index (χ1n) is 7.60. The molecule has 1 N–H and O–H groups in total. The lowest BCUT2D eigenvalue weighted by Gasteiger charge is -2.23. The molecule has 1 aromatic heterocycles. The van der Waals surface area contributed by atoms with E-state index in [-0.39, 0.29) is 5.75 Å². The van der Waals surface area contributed by atoms with Crippen LogP contribution in [0, 0.1) is 11.6 Å². The number of halogens is 2. The summed E-state index contributed by atoms with van der Waals surface area (Å²) in [5, 5.41) is 3.52. The molecule has 2 aromatic rings. The van der Waals surface area contributed by atoms with Crippen LogP contribution in [0.25, 0.3) is 0 Å². The number of benzene rings is 1. The molecule has 1 saturated heterocycles. The lowest BCUT2D eigenvalue weighted by molar-refractivity contribution is 0.431. The third kappa shape index (κ3) is 4.42. The summed E-state index contributed by atoms with van der Waals surface area (Å²) < 4.78 is 31.9. The highest BCUT2D eigenvalue weighted by atomic mass is 32.2. The Morgan fingerprint density at radius 1 is 1.17 bits per heavy atom. The molecule has 0 saturated carbocycles. The highest BCUT2D eigenvalue weighted by Gasteiger charge is 2.14. The first-order chi connectivity index (χ1) is 11.2. The van der Waals surface area contributed by atoms with E-state index in [4.69, 9.17) is 4.74 Å². The molecule has 6 heteroatoms. The molecular formula is C17H18F2N2OS. The summed E-state index contributed by atoms with van der Waals surface area (Å²) in [6.45, 7) is 0.641. The molecule has 0 aliphatic carbocycles. The Balaban J connectivity index is 1.68. The van der Waals surface area contributed by atoms with Crippen LogP contribution in [0.2, 0.25) is 0 Å². The molecule has 2 heterocycles. The van der Waals surface area contributed by atoms with Crippen molar-refractivity contribution in [2.75, 3.05) is 11.5 Å². The van der Waals surface area contributed by atoms with Crippen molar-refractivity contribution in [3.63, 3.8) is 0 Å². The lowest BCUT2D eigenvalue weighted by Crippen LogP contribution is -2.32. The fourth-order valence-corrected chi connectivity index (χ4v) is 3.57. The lowest BCUT2D eigenvalue weighted by atomic mass is 10.1. The maximum absolute atomic E-state index is 13.3. The molecule has 0 bridgehead atoms. The standard InChI is InChI=1S/C17H18F2N2OS/c18-15-4-3-14(10-16(15)19)22-17-12(2-1-7-20-17)11-21-13-5-8-23-9-6-13/h1-4,7,10,13,21H,5-6,8-9,11H2. The van der Waals surface area contributed by atoms with Crippen molar-refractivity contribution in [2.45, 2.75) is 25.4 Å². The minimum absolute atomic E-state index is 0.234. The number of pyridine rings is 1. The summed E-state index contributed by atoms with van der Waals surface area (Å²) in [5.41, 5.74) is 0.899. The number of ether oxygens (including phenoxy) is 1. The summed E-state index contributed by atoms with van der Waals surface area (Å²) in [6.07, 6.45) is 3.94. The molecular weight excluding hydrogens is 318 g/mol. The largest absolute Gasteiger partial charge is 0.439 e. The number of rotatable bonds is 5. The molecule has 1 aliphatic heterocycles. The van der Waals surface area contributed by atoms with Crippen LogP contribution < -0.4 is 10.1 Å². The summed E-state index contributed by atoms with van der Waals surface area (Å²) in [7, 11) is 0. The van der Waals surface area contributed by atoms with Crippen molar-refractivity contribution >= 4 is 11.8 Å². The van der Waals surface area contributed by atoms with Crippen molar-refractivity contribution in [3.05, 3.63) is 53.7 Å². The van der Waals surface area contributed by atoms with E-state index in [1.807, 2.05) is 23.9 Å². The van der Waals surface area contributed by atoms with Crippen LogP contribution in [0.4, 0.5) is 8.78 Å². The van der Waals surface area contributed by atoms with Gasteiger partial charge in [-0.15, -0.1) is 0 Å². The second-order valence-corrected chi connectivity index (χ2v) is 6.64. The molecule has 1 aromatic carbocycles. The van der Waals surface area contributed by atoms with Gasteiger partial charge in [-0.3, -0.25) is 0 Å². The Hall–Kier alpha value is -1.66. The maximum atomic E-state index is 13.3. The fourth-order valence-electron chi connectivity index (χ4n) is 2.46. The summed E-state index contributed by atoms with van der Waals surface area (Å²) >= 11 is 1.98. The zero-order valence-electron chi connectivity index (χ0n) is 12.6. The predicted octanol–water partition coefficient (Wildman–Crippen LogP) is 4.14. The van der Waals surface area contributed by atoms with E-state index in [0.717, 1.165) is 30.5 Å². The number of nitrogens with zero attached hydrogens (tertiary/aromatic N) is 1. The molecule has 1 fully saturated rings. The number of hydrogen-bond acceptors (Lipinski definition) is 4. The normalized spacial score (nSPS) is 15.6. The first kappa shape index (κ1) is 16.2. The Morgan fingerprint density at radius 3 is 2.78 bits per heavy atom. The highest BCUT2D eigenvalue weighted by Crippen LogP contribution is 2.25. The van der Waals surface area contributed by atoms with Crippen LogP contribution in [0.3, 0.4) is 0 Å². The van der Waals surface area contributed by atoms with E-state index in [0.29, 0.717) is 18.5 Å². The number of hydrogen-bond donors (Lipinski definition) is 1. The van der Waals surface area contributed by atoms with Gasteiger partial charge in [0.25, 0.3) is 0 Å². The number of nitrogens with one attached hydrogen (secondary N) is 1. The van der Waals surface area contributed by atoms with Gasteiger partial charge in [-0.2, -0.15) is 11.8 Å². The van der Waals surface area contributed by atoms with Crippen molar-refractivity contribution in [3.8, 4) is 11.6 Å². The van der Waals surface area contributed by atoms with E-state index in [2.05, 4.69) is 10.3 Å². The smallest absolute Gasteiger partial charge is 0.223 e. The molecule has 3 rings (SSSR count). The SMILES string of the molecule is Fc1ccc(Oc2ncccc2CNC2CCSCC2)cc1F. The highest BCUT2D eigenvalue weighted by molar-refractivity contribution is 7.99. The molecule has 23 heavy (non-hydrogen) atoms. The molecule has 0 atom stereocenters. The van der Waals surface area contributed by atoms with Crippen LogP contribution in [-0.2, 0) is 6.54 Å². The average molecular weight is 336 g/mol. The van der Waals surface area contributed by atoms with Gasteiger partial charge in [-0.05, 0) is 42.5 Å². The van der Waals surface area contributed by atoms with Gasteiger partial charge in [-0.25, -0.2) is 13.8 Å². The van der Waals surface area contributed by atoms with Crippen LogP contribution >= 0.6 is 11.8 Å². The van der Waals surface area contributed by atoms with Crippen LogP contribution in [-0.4, -0.2) is 22.5 Å². The van der Waals surface area contributed by atoms with E-state index >= 15 is 0 Å². The van der Waals surface area contributed by atoms with Gasteiger partial charge < -0.3 is 10.1 Å². The molecule has 3 nitrogen and oxygen atoms in total. The predicted molar refractivity (Wildman–Crippen MR) is 87.9 cm³/mol. The van der Waals surface area contributed by atoms with Crippen molar-refractivity contribution < 1.29 is 13.5 Å². The van der Waals surface area contributed by atoms with Crippen LogP contribution in [0.5, 0.6) is 11.6 Å². The second-order valence-electron chi connectivity index (χ2n) is 5.41. The topological polar surface area (TPSA) is 34.1 Å². The van der Waals surface area contributed by atoms with Gasteiger partial charge in [0, 0.05) is 30.4 Å². The van der Waals surface area contributed by atoms with Gasteiger partial charge >= 0.3 is 0 Å². The Bertz CT molecular complexity index is 663. The third-order valence-electron chi connectivity index (χ3n) is 3.76. The quantitative estimate of drug-likeness (QED) is 0.890. The van der Waals surface area contributed by atoms with E-state index in [1.54, 1.807) is 6.20 Å². The average Bonchev–Trinajstić information content (AvgIpc) is 2.58. The van der Waals surface area contributed by atoms with Crippen molar-refractivity contribution in [1.29, 1.82) is 0 Å². The Labute approximate surface area is 138 Å². The minimum Gasteiger partial charge on any atom is -0.439 e. The Kier molecular flexibility index (Phi) is 5.46. The van der Waals surface area contributed by atoms with Gasteiger partial charge in [0.1, 0.15) is 5.75 Å². The number of thioether (sulfide) groups is 1. The zero-order valence-corrected chi connectivity index (χ0v) is 13.4. The van der Waals surface area contributed by atoms with Gasteiger partial charge in [0.2, 0.25) is 5.88 Å². The first-order valence-corrected chi connectivity index (χ1v) is 8.76. The van der Waals surface area contributed by atoms with Crippen LogP contribution in [0.15, 0.2) is 36.5 Å². The summed E-state index contributed by atoms with van der Waals surface area (Å²) in [5.74, 6) is 1.19. The van der Waals surface area contributed by atoms with Crippen molar-refractivity contribution in [2.24, 2.45) is 0 Å². The summed E-state index contributed by atoms with van der Waals surface area (Å²) in [6, 6.07) is 7.74. The molecule has 1 aliphatic rings. The molecule has 0 radical (unpaired) electrons. The van der Waals surface area contributed by atoms with Gasteiger partial charge in [-0.1, -0.05) is 6.07 Å². The van der Waals surface area contributed by atoms with Gasteiger partial charge in [0.05, 0.1) is 0 Å². The maximum Gasteiger partial charge on any atom is 0.223 e. The third-order valence-corrected chi connectivity index (χ3v) is 4.81. The monoisotopic (exact) mass is 336 g/mol. The van der Waals surface area contributed by atoms with E-state index in [1.165, 1.54) is 17.6 Å². The van der Waals surface area contributed by atoms with Crippen molar-refractivity contribution in [1.82, 2.24) is 10.3 Å². The minimum atomic E-state index is -0.933. The summed E-state index contributed by atoms with van der Waals surface area (Å²) in [4.78, 5) is 4.21. The molecule has 122 valence electrons. The molecule has 0 unspecified atom stereocenters. The molecule has 0 amide bonds. The van der Waals surface area contributed by atoms with E-state index < -0.39 is 11.6 Å². The zero-order chi connectivity index (χ0) is 16.1. The molecule has 0 spiro atoms. The second kappa shape index (κ2) is 7.75. The van der Waals surface area contributed by atoms with Crippen LogP contribution in [0.1, 0.15) is 18.4 Å². The fraction of sp³-hybridized carbons (Fsp3) is 0.353. The van der Waals surface area contributed by atoms with Gasteiger partial charge in [0.15, 0.2) is 11.6 Å². The Morgan fingerprint density at radius 2 is 2.00 bits per heavy atom.